The number of fused-ring (bicyclic) bond motifs is 1. The van der Waals surface area contributed by atoms with Crippen molar-refractivity contribution < 1.29 is 19.1 Å². The van der Waals surface area contributed by atoms with E-state index in [1.54, 1.807) is 31.2 Å². The van der Waals surface area contributed by atoms with Crippen LogP contribution in [0.4, 0.5) is 10.5 Å². The predicted molar refractivity (Wildman–Crippen MR) is 142 cm³/mol. The van der Waals surface area contributed by atoms with Crippen molar-refractivity contribution in [2.24, 2.45) is 11.8 Å². The molecule has 0 spiro atoms. The van der Waals surface area contributed by atoms with Gasteiger partial charge in [0.2, 0.25) is 0 Å². The lowest BCUT2D eigenvalue weighted by Gasteiger charge is -2.36. The Bertz CT molecular complexity index is 900. The van der Waals surface area contributed by atoms with Crippen LogP contribution >= 0.6 is 0 Å². The molecule has 3 aliphatic rings. The molecule has 0 unspecified atom stereocenters. The lowest BCUT2D eigenvalue weighted by Crippen LogP contribution is -2.47. The molecule has 2 N–H and O–H groups in total. The summed E-state index contributed by atoms with van der Waals surface area (Å²) in [6.45, 7) is 7.37. The Morgan fingerprint density at radius 1 is 1.11 bits per heavy atom. The highest BCUT2D eigenvalue weighted by Gasteiger charge is 2.31. The quantitative estimate of drug-likeness (QED) is 0.628. The van der Waals surface area contributed by atoms with Gasteiger partial charge in [0.1, 0.15) is 12.4 Å². The second kappa shape index (κ2) is 12.3. The molecule has 4 rings (SSSR count). The fourth-order valence-electron chi connectivity index (χ4n) is 5.42. The number of amides is 3. The van der Waals surface area contributed by atoms with Crippen molar-refractivity contribution in [3.05, 3.63) is 23.8 Å². The summed E-state index contributed by atoms with van der Waals surface area (Å²) in [5, 5.41) is 6.00. The molecule has 36 heavy (non-hydrogen) atoms. The van der Waals surface area contributed by atoms with E-state index < -0.39 is 0 Å². The molecule has 1 aromatic rings. The molecule has 3 amide bonds. The van der Waals surface area contributed by atoms with Gasteiger partial charge >= 0.3 is 6.03 Å². The molecule has 1 heterocycles. The molecule has 2 fully saturated rings. The molecule has 0 saturated heterocycles. The summed E-state index contributed by atoms with van der Waals surface area (Å²) in [6.07, 6.45) is 8.11. The second-order valence-corrected chi connectivity index (χ2v) is 11.1. The number of methoxy groups -OCH3 is 1. The van der Waals surface area contributed by atoms with Gasteiger partial charge in [0.15, 0.2) is 0 Å². The molecular formula is C28H44N4O4. The first-order valence-electron chi connectivity index (χ1n) is 13.7. The number of carbonyl (C=O) groups is 2. The molecule has 1 aromatic carbocycles. The van der Waals surface area contributed by atoms with Gasteiger partial charge in [-0.1, -0.05) is 26.2 Å². The highest BCUT2D eigenvalue weighted by atomic mass is 16.5. The van der Waals surface area contributed by atoms with Gasteiger partial charge < -0.3 is 25.0 Å². The largest absolute Gasteiger partial charge is 0.491 e. The van der Waals surface area contributed by atoms with Gasteiger partial charge in [0, 0.05) is 51.6 Å². The predicted octanol–water partition coefficient (Wildman–Crippen LogP) is 4.36. The van der Waals surface area contributed by atoms with Crippen molar-refractivity contribution in [1.82, 2.24) is 15.1 Å². The van der Waals surface area contributed by atoms with Crippen LogP contribution in [0.1, 0.15) is 69.2 Å². The van der Waals surface area contributed by atoms with E-state index in [2.05, 4.69) is 29.4 Å². The molecular weight excluding hydrogens is 456 g/mol. The van der Waals surface area contributed by atoms with Crippen molar-refractivity contribution in [3.63, 3.8) is 0 Å². The van der Waals surface area contributed by atoms with Gasteiger partial charge in [-0.15, -0.1) is 0 Å². The molecule has 200 valence electrons. The number of hydrogen-bond donors (Lipinski definition) is 2. The molecule has 0 bridgehead atoms. The molecule has 3 atom stereocenters. The van der Waals surface area contributed by atoms with Crippen molar-refractivity contribution in [3.8, 4) is 5.75 Å². The van der Waals surface area contributed by atoms with Crippen molar-refractivity contribution >= 4 is 17.6 Å². The minimum absolute atomic E-state index is 0.0702. The van der Waals surface area contributed by atoms with E-state index in [0.717, 1.165) is 44.7 Å². The van der Waals surface area contributed by atoms with Crippen LogP contribution in [-0.2, 0) is 4.74 Å². The average Bonchev–Trinajstić information content (AvgIpc) is 3.69. The summed E-state index contributed by atoms with van der Waals surface area (Å²) in [7, 11) is 3.53. The number of urea groups is 1. The fourth-order valence-corrected chi connectivity index (χ4v) is 5.42. The van der Waals surface area contributed by atoms with E-state index >= 15 is 0 Å². The molecule has 0 radical (unpaired) electrons. The van der Waals surface area contributed by atoms with Crippen molar-refractivity contribution in [2.75, 3.05) is 45.7 Å². The first-order valence-corrected chi connectivity index (χ1v) is 13.7. The van der Waals surface area contributed by atoms with E-state index in [1.807, 2.05) is 6.07 Å². The summed E-state index contributed by atoms with van der Waals surface area (Å²) < 4.78 is 12.1. The Morgan fingerprint density at radius 3 is 2.56 bits per heavy atom. The monoisotopic (exact) mass is 500 g/mol. The normalized spacial score (nSPS) is 26.8. The summed E-state index contributed by atoms with van der Waals surface area (Å²) >= 11 is 0. The van der Waals surface area contributed by atoms with Crippen LogP contribution in [0.3, 0.4) is 0 Å². The number of carbonyl (C=O) groups excluding carboxylic acids is 2. The number of hydrogen-bond acceptors (Lipinski definition) is 5. The van der Waals surface area contributed by atoms with E-state index in [0.29, 0.717) is 30.2 Å². The molecule has 2 aliphatic carbocycles. The third-order valence-corrected chi connectivity index (χ3v) is 7.96. The summed E-state index contributed by atoms with van der Waals surface area (Å²) in [4.78, 5) is 30.4. The Balaban J connectivity index is 1.53. The van der Waals surface area contributed by atoms with Crippen LogP contribution in [0.5, 0.6) is 5.75 Å². The molecule has 2 saturated carbocycles. The lowest BCUT2D eigenvalue weighted by molar-refractivity contribution is 0.00994. The molecule has 8 nitrogen and oxygen atoms in total. The van der Waals surface area contributed by atoms with Crippen LogP contribution in [0.25, 0.3) is 0 Å². The Kier molecular flexibility index (Phi) is 9.12. The SMILES string of the molecule is CO[C@H]1CN(C)C(=O)c2cc(NC(=O)NC3CCCCC3)ccc2OC[C@@H](C)N(CC2CC2)C[C@@H]1C. The summed E-state index contributed by atoms with van der Waals surface area (Å²) in [5.41, 5.74) is 1.04. The van der Waals surface area contributed by atoms with E-state index in [4.69, 9.17) is 9.47 Å². The zero-order chi connectivity index (χ0) is 25.7. The van der Waals surface area contributed by atoms with Crippen LogP contribution in [-0.4, -0.2) is 80.3 Å². The number of likely N-dealkylation sites (N-methyl/N-ethyl adjacent to an activating group) is 1. The van der Waals surface area contributed by atoms with Crippen molar-refractivity contribution in [1.29, 1.82) is 0 Å². The third kappa shape index (κ3) is 7.13. The van der Waals surface area contributed by atoms with Gasteiger partial charge in [-0.3, -0.25) is 9.69 Å². The minimum atomic E-state index is -0.227. The fraction of sp³-hybridized carbons (Fsp3) is 0.714. The van der Waals surface area contributed by atoms with Crippen LogP contribution < -0.4 is 15.4 Å². The third-order valence-electron chi connectivity index (χ3n) is 7.96. The lowest BCUT2D eigenvalue weighted by atomic mass is 9.96. The van der Waals surface area contributed by atoms with Gasteiger partial charge in [-0.2, -0.15) is 0 Å². The smallest absolute Gasteiger partial charge is 0.319 e. The second-order valence-electron chi connectivity index (χ2n) is 11.1. The summed E-state index contributed by atoms with van der Waals surface area (Å²) in [6, 6.07) is 5.55. The molecule has 8 heteroatoms. The number of nitrogens with zero attached hydrogens (tertiary/aromatic N) is 2. The maximum Gasteiger partial charge on any atom is 0.319 e. The first-order chi connectivity index (χ1) is 17.3. The maximum absolute atomic E-state index is 13.5. The van der Waals surface area contributed by atoms with E-state index in [9.17, 15) is 9.59 Å². The molecule has 0 aromatic heterocycles. The topological polar surface area (TPSA) is 83.1 Å². The molecule has 1 aliphatic heterocycles. The van der Waals surface area contributed by atoms with Gasteiger partial charge in [0.05, 0.1) is 11.7 Å². The van der Waals surface area contributed by atoms with Crippen molar-refractivity contribution in [2.45, 2.75) is 77.0 Å². The summed E-state index contributed by atoms with van der Waals surface area (Å²) in [5.74, 6) is 1.45. The van der Waals surface area contributed by atoms with E-state index in [1.165, 1.54) is 19.3 Å². The van der Waals surface area contributed by atoms with Crippen LogP contribution in [0.15, 0.2) is 18.2 Å². The van der Waals surface area contributed by atoms with Crippen LogP contribution in [0.2, 0.25) is 0 Å². The zero-order valence-electron chi connectivity index (χ0n) is 22.4. The Hall–Kier alpha value is -2.32. The number of nitrogens with one attached hydrogen (secondary N) is 2. The Labute approximate surface area is 216 Å². The number of rotatable bonds is 5. The zero-order valence-corrected chi connectivity index (χ0v) is 22.4. The average molecular weight is 501 g/mol. The highest BCUT2D eigenvalue weighted by Crippen LogP contribution is 2.32. The Morgan fingerprint density at radius 2 is 1.86 bits per heavy atom. The van der Waals surface area contributed by atoms with Gasteiger partial charge in [0.25, 0.3) is 5.91 Å². The first kappa shape index (κ1) is 26.7. The number of benzene rings is 1. The van der Waals surface area contributed by atoms with E-state index in [-0.39, 0.29) is 36.0 Å². The number of ether oxygens (including phenoxy) is 2. The maximum atomic E-state index is 13.5. The van der Waals surface area contributed by atoms with Gasteiger partial charge in [-0.05, 0) is 62.6 Å². The minimum Gasteiger partial charge on any atom is -0.491 e. The standard InChI is InChI=1S/C28H44N4O4/c1-19-15-32(16-21-10-11-21)20(2)18-36-25-13-12-23(30-28(34)29-22-8-6-5-7-9-22)14-24(25)27(33)31(3)17-26(19)35-4/h12-14,19-22,26H,5-11,15-18H2,1-4H3,(H2,29,30,34)/t19-,20+,26-/m0/s1. The van der Waals surface area contributed by atoms with Gasteiger partial charge in [-0.25, -0.2) is 4.79 Å². The van der Waals surface area contributed by atoms with Crippen LogP contribution in [0, 0.1) is 11.8 Å². The highest BCUT2D eigenvalue weighted by molar-refractivity contribution is 5.99. The number of anilines is 1.